The van der Waals surface area contributed by atoms with Crippen molar-refractivity contribution in [2.24, 2.45) is 0 Å². The molecule has 7 heteroatoms. The quantitative estimate of drug-likeness (QED) is 0.689. The molecule has 0 saturated carbocycles. The standard InChI is InChI=1S/C20H21N3O3S/c1-20(19-21-18(22-26-19)16-8-4-2-5-9-16)12-14-23(15-13-20)27(24,25)17-10-6-3-7-11-17/h2-11H,12-15H2,1H3. The molecule has 2 aromatic carbocycles. The first-order valence-electron chi connectivity index (χ1n) is 8.94. The molecule has 0 bridgehead atoms. The molecular formula is C20H21N3O3S. The molecule has 0 radical (unpaired) electrons. The van der Waals surface area contributed by atoms with Gasteiger partial charge in [0.1, 0.15) is 0 Å². The lowest BCUT2D eigenvalue weighted by molar-refractivity contribution is 0.198. The molecule has 1 aliphatic rings. The average Bonchev–Trinajstić information content (AvgIpc) is 3.21. The van der Waals surface area contributed by atoms with Gasteiger partial charge in [0.2, 0.25) is 21.7 Å². The molecule has 0 unspecified atom stereocenters. The van der Waals surface area contributed by atoms with Crippen LogP contribution in [0.15, 0.2) is 70.1 Å². The van der Waals surface area contributed by atoms with E-state index < -0.39 is 10.0 Å². The molecule has 0 atom stereocenters. The Kier molecular flexibility index (Phi) is 4.57. The van der Waals surface area contributed by atoms with Crippen LogP contribution in [0.2, 0.25) is 0 Å². The third kappa shape index (κ3) is 3.40. The molecule has 4 rings (SSSR count). The van der Waals surface area contributed by atoms with Gasteiger partial charge in [-0.25, -0.2) is 8.42 Å². The summed E-state index contributed by atoms with van der Waals surface area (Å²) in [5, 5.41) is 4.10. The molecule has 27 heavy (non-hydrogen) atoms. The van der Waals surface area contributed by atoms with E-state index in [1.807, 2.05) is 36.4 Å². The van der Waals surface area contributed by atoms with E-state index in [9.17, 15) is 8.42 Å². The van der Waals surface area contributed by atoms with Gasteiger partial charge in [-0.1, -0.05) is 60.6 Å². The normalized spacial score (nSPS) is 17.7. The summed E-state index contributed by atoms with van der Waals surface area (Å²) in [6.45, 7) is 2.91. The van der Waals surface area contributed by atoms with Crippen molar-refractivity contribution in [2.45, 2.75) is 30.1 Å². The lowest BCUT2D eigenvalue weighted by Crippen LogP contribution is -2.44. The Hall–Kier alpha value is -2.51. The van der Waals surface area contributed by atoms with Crippen LogP contribution in [0.3, 0.4) is 0 Å². The van der Waals surface area contributed by atoms with Crippen LogP contribution in [0.25, 0.3) is 11.4 Å². The number of piperidine rings is 1. The van der Waals surface area contributed by atoms with E-state index in [4.69, 9.17) is 4.52 Å². The van der Waals surface area contributed by atoms with Gasteiger partial charge in [-0.2, -0.15) is 9.29 Å². The highest BCUT2D eigenvalue weighted by Gasteiger charge is 2.40. The number of rotatable bonds is 4. The van der Waals surface area contributed by atoms with E-state index in [2.05, 4.69) is 17.1 Å². The minimum Gasteiger partial charge on any atom is -0.338 e. The molecule has 2 heterocycles. The van der Waals surface area contributed by atoms with Gasteiger partial charge in [0.05, 0.1) is 4.90 Å². The van der Waals surface area contributed by atoms with Crippen LogP contribution < -0.4 is 0 Å². The van der Waals surface area contributed by atoms with Crippen molar-refractivity contribution in [3.05, 3.63) is 66.6 Å². The average molecular weight is 383 g/mol. The zero-order valence-corrected chi connectivity index (χ0v) is 15.9. The maximum absolute atomic E-state index is 12.8. The van der Waals surface area contributed by atoms with Crippen LogP contribution in [-0.4, -0.2) is 36.0 Å². The Morgan fingerprint density at radius 1 is 0.963 bits per heavy atom. The van der Waals surface area contributed by atoms with Gasteiger partial charge in [0.25, 0.3) is 0 Å². The minimum atomic E-state index is -3.47. The molecule has 6 nitrogen and oxygen atoms in total. The maximum atomic E-state index is 12.8. The first-order valence-corrected chi connectivity index (χ1v) is 10.4. The van der Waals surface area contributed by atoms with Crippen molar-refractivity contribution in [2.75, 3.05) is 13.1 Å². The summed E-state index contributed by atoms with van der Waals surface area (Å²) in [5.74, 6) is 1.13. The molecule has 0 aliphatic carbocycles. The SMILES string of the molecule is CC1(c2nc(-c3ccccc3)no2)CCN(S(=O)(=O)c2ccccc2)CC1. The van der Waals surface area contributed by atoms with Gasteiger partial charge in [-0.05, 0) is 25.0 Å². The van der Waals surface area contributed by atoms with Gasteiger partial charge < -0.3 is 4.52 Å². The molecule has 1 fully saturated rings. The van der Waals surface area contributed by atoms with Gasteiger partial charge in [-0.3, -0.25) is 0 Å². The lowest BCUT2D eigenvalue weighted by Gasteiger charge is -2.36. The monoisotopic (exact) mass is 383 g/mol. The fourth-order valence-electron chi connectivity index (χ4n) is 3.35. The summed E-state index contributed by atoms with van der Waals surface area (Å²) >= 11 is 0. The number of hydrogen-bond acceptors (Lipinski definition) is 5. The second-order valence-corrected chi connectivity index (χ2v) is 9.00. The highest BCUT2D eigenvalue weighted by Crippen LogP contribution is 2.36. The van der Waals surface area contributed by atoms with Crippen LogP contribution >= 0.6 is 0 Å². The summed E-state index contributed by atoms with van der Waals surface area (Å²) in [4.78, 5) is 4.91. The summed E-state index contributed by atoms with van der Waals surface area (Å²) in [6, 6.07) is 18.2. The Morgan fingerprint density at radius 3 is 2.19 bits per heavy atom. The molecule has 1 aromatic heterocycles. The molecule has 3 aromatic rings. The highest BCUT2D eigenvalue weighted by molar-refractivity contribution is 7.89. The molecule has 0 spiro atoms. The third-order valence-corrected chi connectivity index (χ3v) is 7.09. The van der Waals surface area contributed by atoms with Crippen LogP contribution in [-0.2, 0) is 15.4 Å². The molecule has 1 saturated heterocycles. The van der Waals surface area contributed by atoms with Crippen molar-refractivity contribution in [1.29, 1.82) is 0 Å². The first kappa shape index (κ1) is 17.9. The van der Waals surface area contributed by atoms with Crippen molar-refractivity contribution in [1.82, 2.24) is 14.4 Å². The first-order chi connectivity index (χ1) is 13.0. The lowest BCUT2D eigenvalue weighted by atomic mass is 9.81. The number of sulfonamides is 1. The predicted octanol–water partition coefficient (Wildman–Crippen LogP) is 3.48. The molecule has 140 valence electrons. The molecule has 0 amide bonds. The van der Waals surface area contributed by atoms with Crippen molar-refractivity contribution in [3.8, 4) is 11.4 Å². The van der Waals surface area contributed by atoms with Gasteiger partial charge in [0, 0.05) is 24.1 Å². The topological polar surface area (TPSA) is 76.3 Å². The van der Waals surface area contributed by atoms with Crippen LogP contribution in [0, 0.1) is 0 Å². The third-order valence-electron chi connectivity index (χ3n) is 5.18. The summed E-state index contributed by atoms with van der Waals surface area (Å²) in [5.41, 5.74) is 0.572. The van der Waals surface area contributed by atoms with Crippen molar-refractivity contribution >= 4 is 10.0 Å². The fourth-order valence-corrected chi connectivity index (χ4v) is 4.81. The van der Waals surface area contributed by atoms with Gasteiger partial charge in [0.15, 0.2) is 0 Å². The summed E-state index contributed by atoms with van der Waals surface area (Å²) in [7, 11) is -3.47. The van der Waals surface area contributed by atoms with E-state index in [0.717, 1.165) is 5.56 Å². The van der Waals surface area contributed by atoms with E-state index in [-0.39, 0.29) is 5.41 Å². The van der Waals surface area contributed by atoms with Gasteiger partial charge >= 0.3 is 0 Å². The Morgan fingerprint density at radius 2 is 1.56 bits per heavy atom. The Labute approximate surface area is 158 Å². The molecular weight excluding hydrogens is 362 g/mol. The van der Waals surface area contributed by atoms with E-state index in [1.54, 1.807) is 28.6 Å². The second kappa shape index (κ2) is 6.90. The van der Waals surface area contributed by atoms with Crippen LogP contribution in [0.5, 0.6) is 0 Å². The van der Waals surface area contributed by atoms with Crippen molar-refractivity contribution < 1.29 is 12.9 Å². The number of nitrogens with zero attached hydrogens (tertiary/aromatic N) is 3. The largest absolute Gasteiger partial charge is 0.338 e. The highest BCUT2D eigenvalue weighted by atomic mass is 32.2. The zero-order chi connectivity index (χ0) is 18.9. The van der Waals surface area contributed by atoms with E-state index in [1.165, 1.54) is 0 Å². The van der Waals surface area contributed by atoms with Crippen LogP contribution in [0.1, 0.15) is 25.7 Å². The molecule has 0 N–H and O–H groups in total. The predicted molar refractivity (Wildman–Crippen MR) is 102 cm³/mol. The van der Waals surface area contributed by atoms with E-state index >= 15 is 0 Å². The number of hydrogen-bond donors (Lipinski definition) is 0. The van der Waals surface area contributed by atoms with Gasteiger partial charge in [-0.15, -0.1) is 0 Å². The minimum absolute atomic E-state index is 0.331. The Balaban J connectivity index is 1.51. The Bertz CT molecular complexity index is 1010. The number of aromatic nitrogens is 2. The fraction of sp³-hybridized carbons (Fsp3) is 0.300. The smallest absolute Gasteiger partial charge is 0.243 e. The van der Waals surface area contributed by atoms with Crippen LogP contribution in [0.4, 0.5) is 0 Å². The second-order valence-electron chi connectivity index (χ2n) is 7.07. The zero-order valence-electron chi connectivity index (χ0n) is 15.1. The summed E-state index contributed by atoms with van der Waals surface area (Å²) in [6.07, 6.45) is 1.27. The van der Waals surface area contributed by atoms with E-state index in [0.29, 0.717) is 42.5 Å². The maximum Gasteiger partial charge on any atom is 0.243 e. The van der Waals surface area contributed by atoms with Crippen molar-refractivity contribution in [3.63, 3.8) is 0 Å². The number of benzene rings is 2. The summed E-state index contributed by atoms with van der Waals surface area (Å²) < 4.78 is 32.7. The molecule has 1 aliphatic heterocycles.